The summed E-state index contributed by atoms with van der Waals surface area (Å²) in [7, 11) is 0. The number of ketones is 1. The average Bonchev–Trinajstić information content (AvgIpc) is 2.28. The Hall–Kier alpha value is -1.43. The summed E-state index contributed by atoms with van der Waals surface area (Å²) in [5, 5.41) is 0. The largest absolute Gasteiger partial charge is 0.414 e. The summed E-state index contributed by atoms with van der Waals surface area (Å²) in [4.78, 5) is 11.3. The smallest absolute Gasteiger partial charge is 0.361 e. The average molecular weight is 264 g/mol. The van der Waals surface area contributed by atoms with Crippen LogP contribution in [-0.4, -0.2) is 24.7 Å². The lowest BCUT2D eigenvalue weighted by Crippen LogP contribution is -2.30. The van der Waals surface area contributed by atoms with Crippen molar-refractivity contribution in [3.63, 3.8) is 0 Å². The number of hydrogen-bond acceptors (Lipinski definition) is 2. The minimum absolute atomic E-state index is 0.0785. The second-order valence-electron chi connectivity index (χ2n) is 3.84. The monoisotopic (exact) mass is 264 g/mol. The van der Waals surface area contributed by atoms with Crippen LogP contribution in [0.15, 0.2) is 24.3 Å². The number of rotatable bonds is 5. The molecule has 0 heterocycles. The second kappa shape index (κ2) is 5.95. The van der Waals surface area contributed by atoms with Gasteiger partial charge in [0.25, 0.3) is 0 Å². The maximum absolute atomic E-state index is 12.6. The van der Waals surface area contributed by atoms with Crippen LogP contribution in [0.5, 0.6) is 0 Å². The summed E-state index contributed by atoms with van der Waals surface area (Å²) in [5.41, 5.74) is 0.532. The van der Waals surface area contributed by atoms with Crippen LogP contribution in [-0.2, 0) is 16.0 Å². The first kappa shape index (κ1) is 14.6. The highest BCUT2D eigenvalue weighted by molar-refractivity contribution is 5.82. The Balaban J connectivity index is 2.41. The molecular formula is C12H12F4O2. The van der Waals surface area contributed by atoms with Crippen LogP contribution in [0.1, 0.15) is 12.5 Å². The van der Waals surface area contributed by atoms with E-state index in [1.807, 2.05) is 0 Å². The van der Waals surface area contributed by atoms with Crippen molar-refractivity contribution in [1.29, 1.82) is 0 Å². The maximum Gasteiger partial charge on any atom is 0.414 e. The van der Waals surface area contributed by atoms with Gasteiger partial charge in [0.2, 0.25) is 0 Å². The molecule has 0 fully saturated rings. The zero-order valence-electron chi connectivity index (χ0n) is 9.63. The van der Waals surface area contributed by atoms with E-state index in [4.69, 9.17) is 0 Å². The zero-order valence-corrected chi connectivity index (χ0v) is 9.63. The molecule has 0 aliphatic rings. The van der Waals surface area contributed by atoms with Crippen molar-refractivity contribution in [3.05, 3.63) is 35.6 Å². The first-order valence-corrected chi connectivity index (χ1v) is 5.23. The quantitative estimate of drug-likeness (QED) is 0.764. The minimum atomic E-state index is -4.48. The van der Waals surface area contributed by atoms with E-state index < -0.39 is 30.5 Å². The van der Waals surface area contributed by atoms with Crippen molar-refractivity contribution in [2.24, 2.45) is 0 Å². The lowest BCUT2D eigenvalue weighted by atomic mass is 10.1. The van der Waals surface area contributed by atoms with Gasteiger partial charge in [-0.15, -0.1) is 0 Å². The molecule has 1 aromatic rings. The third kappa shape index (κ3) is 4.83. The first-order chi connectivity index (χ1) is 8.29. The third-order valence-corrected chi connectivity index (χ3v) is 2.27. The number of alkyl halides is 3. The van der Waals surface area contributed by atoms with E-state index in [2.05, 4.69) is 4.74 Å². The van der Waals surface area contributed by atoms with Crippen LogP contribution in [0.4, 0.5) is 17.6 Å². The predicted octanol–water partition coefficient (Wildman–Crippen LogP) is 2.90. The zero-order chi connectivity index (χ0) is 13.8. The van der Waals surface area contributed by atoms with Gasteiger partial charge in [0, 0.05) is 6.42 Å². The van der Waals surface area contributed by atoms with E-state index in [0.717, 1.165) is 6.92 Å². The number of hydrogen-bond donors (Lipinski definition) is 0. The molecule has 1 aromatic carbocycles. The molecule has 100 valence electrons. The third-order valence-electron chi connectivity index (χ3n) is 2.27. The Kier molecular flexibility index (Phi) is 4.84. The van der Waals surface area contributed by atoms with Crippen LogP contribution >= 0.6 is 0 Å². The number of benzene rings is 1. The highest BCUT2D eigenvalue weighted by Crippen LogP contribution is 2.22. The molecule has 0 saturated carbocycles. The van der Waals surface area contributed by atoms with Gasteiger partial charge in [-0.25, -0.2) is 4.39 Å². The van der Waals surface area contributed by atoms with Gasteiger partial charge in [-0.05, 0) is 24.6 Å². The predicted molar refractivity (Wildman–Crippen MR) is 56.6 cm³/mol. The molecule has 18 heavy (non-hydrogen) atoms. The molecule has 6 heteroatoms. The Morgan fingerprint density at radius 1 is 1.28 bits per heavy atom. The molecule has 0 bridgehead atoms. The Bertz CT molecular complexity index is 398. The summed E-state index contributed by atoms with van der Waals surface area (Å²) in [6, 6.07) is 5.17. The molecule has 0 amide bonds. The van der Waals surface area contributed by atoms with Crippen molar-refractivity contribution in [1.82, 2.24) is 0 Å². The van der Waals surface area contributed by atoms with E-state index >= 15 is 0 Å². The van der Waals surface area contributed by atoms with Gasteiger partial charge >= 0.3 is 6.18 Å². The summed E-state index contributed by atoms with van der Waals surface area (Å²) < 4.78 is 53.3. The molecule has 0 aromatic heterocycles. The summed E-state index contributed by atoms with van der Waals surface area (Å²) in [6.45, 7) is 0.225. The number of carbonyl (C=O) groups is 1. The van der Waals surface area contributed by atoms with Crippen LogP contribution in [0.3, 0.4) is 0 Å². The van der Waals surface area contributed by atoms with Gasteiger partial charge in [0.15, 0.2) is 11.9 Å². The topological polar surface area (TPSA) is 26.3 Å². The fourth-order valence-electron chi connectivity index (χ4n) is 1.19. The second-order valence-corrected chi connectivity index (χ2v) is 3.84. The molecular weight excluding hydrogens is 252 g/mol. The molecule has 0 spiro atoms. The Morgan fingerprint density at radius 2 is 1.83 bits per heavy atom. The summed E-state index contributed by atoms with van der Waals surface area (Å²) in [5.74, 6) is -0.925. The Labute approximate surface area is 102 Å². The van der Waals surface area contributed by atoms with Crippen LogP contribution in [0.25, 0.3) is 0 Å². The van der Waals surface area contributed by atoms with E-state index in [1.54, 1.807) is 0 Å². The van der Waals surface area contributed by atoms with Crippen molar-refractivity contribution in [3.8, 4) is 0 Å². The molecule has 0 saturated heterocycles. The van der Waals surface area contributed by atoms with Gasteiger partial charge in [0.05, 0.1) is 0 Å². The number of halogens is 4. The van der Waals surface area contributed by atoms with Crippen LogP contribution in [0, 0.1) is 5.82 Å². The van der Waals surface area contributed by atoms with Crippen molar-refractivity contribution in [2.75, 3.05) is 6.61 Å². The fraction of sp³-hybridized carbons (Fsp3) is 0.417. The molecule has 1 unspecified atom stereocenters. The van der Waals surface area contributed by atoms with E-state index in [1.165, 1.54) is 24.3 Å². The van der Waals surface area contributed by atoms with Gasteiger partial charge in [0.1, 0.15) is 12.4 Å². The minimum Gasteiger partial charge on any atom is -0.361 e. The molecule has 0 radical (unpaired) electrons. The molecule has 1 rings (SSSR count). The van der Waals surface area contributed by atoms with Crippen molar-refractivity contribution in [2.45, 2.75) is 25.6 Å². The highest BCUT2D eigenvalue weighted by atomic mass is 19.4. The number of ether oxygens (including phenoxy) is 1. The van der Waals surface area contributed by atoms with Gasteiger partial charge in [-0.2, -0.15) is 13.2 Å². The van der Waals surface area contributed by atoms with Gasteiger partial charge in [-0.1, -0.05) is 12.1 Å². The standard InChI is InChI=1S/C12H12F4O2/c1-8(12(14,15)16)18-7-11(17)6-9-2-4-10(13)5-3-9/h2-5,8H,6-7H2,1H3. The van der Waals surface area contributed by atoms with E-state index in [-0.39, 0.29) is 6.42 Å². The fourth-order valence-corrected chi connectivity index (χ4v) is 1.19. The number of Topliss-reactive ketones (excluding diaryl/α,β-unsaturated/α-hetero) is 1. The lowest BCUT2D eigenvalue weighted by molar-refractivity contribution is -0.213. The summed E-state index contributed by atoms with van der Waals surface area (Å²) >= 11 is 0. The lowest BCUT2D eigenvalue weighted by Gasteiger charge is -2.15. The van der Waals surface area contributed by atoms with E-state index in [0.29, 0.717) is 5.56 Å². The SMILES string of the molecule is CC(OCC(=O)Cc1ccc(F)cc1)C(F)(F)F. The summed E-state index contributed by atoms with van der Waals surface area (Å²) in [6.07, 6.45) is -6.53. The Morgan fingerprint density at radius 3 is 2.33 bits per heavy atom. The first-order valence-electron chi connectivity index (χ1n) is 5.23. The molecule has 0 N–H and O–H groups in total. The van der Waals surface area contributed by atoms with E-state index in [9.17, 15) is 22.4 Å². The molecule has 0 aliphatic heterocycles. The molecule has 1 atom stereocenters. The normalized spacial score (nSPS) is 13.4. The van der Waals surface area contributed by atoms with Crippen molar-refractivity contribution < 1.29 is 27.1 Å². The van der Waals surface area contributed by atoms with Crippen LogP contribution in [0.2, 0.25) is 0 Å². The van der Waals surface area contributed by atoms with Gasteiger partial charge < -0.3 is 4.74 Å². The molecule has 0 aliphatic carbocycles. The van der Waals surface area contributed by atoms with Crippen molar-refractivity contribution >= 4 is 5.78 Å². The maximum atomic E-state index is 12.6. The van der Waals surface area contributed by atoms with Crippen LogP contribution < -0.4 is 0 Å². The highest BCUT2D eigenvalue weighted by Gasteiger charge is 2.37. The molecule has 2 nitrogen and oxygen atoms in total. The number of carbonyl (C=O) groups excluding carboxylic acids is 1. The van der Waals surface area contributed by atoms with Gasteiger partial charge in [-0.3, -0.25) is 4.79 Å².